The highest BCUT2D eigenvalue weighted by Gasteiger charge is 2.20. The largest absolute Gasteiger partial charge is 0.394 e. The van der Waals surface area contributed by atoms with E-state index in [1.807, 2.05) is 0 Å². The van der Waals surface area contributed by atoms with Gasteiger partial charge in [0.15, 0.2) is 0 Å². The monoisotopic (exact) mass is 832 g/mol. The number of hydrogen-bond acceptors (Lipinski definition) is 3. The third-order valence-corrected chi connectivity index (χ3v) is 13.0. The van der Waals surface area contributed by atoms with Gasteiger partial charge in [0.2, 0.25) is 5.91 Å². The quantitative estimate of drug-likeness (QED) is 0.0422. The molecule has 0 fully saturated rings. The van der Waals surface area contributed by atoms with E-state index in [1.54, 1.807) is 0 Å². The van der Waals surface area contributed by atoms with E-state index in [2.05, 4.69) is 31.3 Å². The number of aliphatic hydroxyl groups is 2. The summed E-state index contributed by atoms with van der Waals surface area (Å²) in [6, 6.07) is -0.538. The summed E-state index contributed by atoms with van der Waals surface area (Å²) in [5.41, 5.74) is 0. The van der Waals surface area contributed by atoms with Gasteiger partial charge in [-0.3, -0.25) is 4.79 Å². The Morgan fingerprint density at radius 2 is 0.644 bits per heavy atom. The van der Waals surface area contributed by atoms with Crippen molar-refractivity contribution in [2.24, 2.45) is 0 Å². The normalized spacial score (nSPS) is 12.8. The van der Waals surface area contributed by atoms with Crippen molar-refractivity contribution in [3.8, 4) is 0 Å². The summed E-state index contributed by atoms with van der Waals surface area (Å²) in [4.78, 5) is 12.4. The van der Waals surface area contributed by atoms with Crippen LogP contribution in [0.5, 0.6) is 0 Å². The Balaban J connectivity index is 3.37. The zero-order valence-corrected chi connectivity index (χ0v) is 40.6. The maximum Gasteiger partial charge on any atom is 0.220 e. The molecule has 0 spiro atoms. The molecule has 3 N–H and O–H groups in total. The third kappa shape index (κ3) is 48.0. The molecule has 1 amide bonds. The molecule has 0 aromatic carbocycles. The molecule has 0 radical (unpaired) electrons. The first-order valence-electron chi connectivity index (χ1n) is 27.4. The third-order valence-electron chi connectivity index (χ3n) is 13.0. The van der Waals surface area contributed by atoms with Gasteiger partial charge < -0.3 is 15.5 Å². The van der Waals surface area contributed by atoms with Crippen LogP contribution in [0.4, 0.5) is 0 Å². The fourth-order valence-corrected chi connectivity index (χ4v) is 8.83. The number of carbonyl (C=O) groups is 1. The van der Waals surface area contributed by atoms with Crippen LogP contribution < -0.4 is 5.32 Å². The minimum Gasteiger partial charge on any atom is -0.394 e. The van der Waals surface area contributed by atoms with Gasteiger partial charge in [-0.15, -0.1) is 0 Å². The Kier molecular flexibility index (Phi) is 50.7. The number of aliphatic hydroxyl groups excluding tert-OH is 2. The van der Waals surface area contributed by atoms with E-state index in [1.165, 1.54) is 263 Å². The Hall–Kier alpha value is -0.870. The lowest BCUT2D eigenvalue weighted by molar-refractivity contribution is -0.123. The molecule has 0 saturated carbocycles. The summed E-state index contributed by atoms with van der Waals surface area (Å²) >= 11 is 0. The molecule has 0 rings (SSSR count). The van der Waals surface area contributed by atoms with E-state index >= 15 is 0 Å². The van der Waals surface area contributed by atoms with Gasteiger partial charge in [0.1, 0.15) is 0 Å². The van der Waals surface area contributed by atoms with Crippen molar-refractivity contribution in [2.75, 3.05) is 6.61 Å². The molecule has 352 valence electrons. The molecule has 0 aromatic rings. The number of rotatable bonds is 51. The van der Waals surface area contributed by atoms with Gasteiger partial charge in [-0.05, 0) is 38.5 Å². The number of unbranched alkanes of at least 4 members (excludes halogenated alkanes) is 42. The fraction of sp³-hybridized carbons (Fsp3) is 0.945. The summed E-state index contributed by atoms with van der Waals surface area (Å²) in [6.07, 6.45) is 66.4. The summed E-state index contributed by atoms with van der Waals surface area (Å²) in [7, 11) is 0. The van der Waals surface area contributed by atoms with Crippen LogP contribution >= 0.6 is 0 Å². The van der Waals surface area contributed by atoms with Crippen LogP contribution in [-0.4, -0.2) is 34.9 Å². The van der Waals surface area contributed by atoms with Gasteiger partial charge in [-0.2, -0.15) is 0 Å². The molecule has 4 nitrogen and oxygen atoms in total. The van der Waals surface area contributed by atoms with Crippen LogP contribution in [-0.2, 0) is 4.79 Å². The van der Waals surface area contributed by atoms with Crippen molar-refractivity contribution < 1.29 is 15.0 Å². The van der Waals surface area contributed by atoms with Crippen molar-refractivity contribution in [3.05, 3.63) is 12.2 Å². The molecule has 0 aromatic heterocycles. The van der Waals surface area contributed by atoms with E-state index in [-0.39, 0.29) is 12.5 Å². The minimum absolute atomic E-state index is 0.0360. The van der Waals surface area contributed by atoms with Crippen LogP contribution in [0.15, 0.2) is 12.2 Å². The number of amides is 1. The van der Waals surface area contributed by atoms with Gasteiger partial charge in [0.25, 0.3) is 0 Å². The van der Waals surface area contributed by atoms with Crippen LogP contribution in [0.1, 0.15) is 316 Å². The highest BCUT2D eigenvalue weighted by atomic mass is 16.3. The zero-order valence-electron chi connectivity index (χ0n) is 40.6. The average Bonchev–Trinajstić information content (AvgIpc) is 3.24. The van der Waals surface area contributed by atoms with E-state index in [0.717, 1.165) is 25.7 Å². The number of hydrogen-bond donors (Lipinski definition) is 3. The molecule has 0 aliphatic heterocycles. The Morgan fingerprint density at radius 3 is 0.932 bits per heavy atom. The average molecular weight is 832 g/mol. The molecule has 0 bridgehead atoms. The lowest BCUT2D eigenvalue weighted by Gasteiger charge is -2.22. The first kappa shape index (κ1) is 58.1. The Morgan fingerprint density at radius 1 is 0.390 bits per heavy atom. The first-order valence-corrected chi connectivity index (χ1v) is 27.4. The highest BCUT2D eigenvalue weighted by Crippen LogP contribution is 2.18. The standard InChI is InChI=1S/C55H109NO3/c1-3-5-7-9-11-13-15-17-19-20-21-22-23-24-25-26-27-28-29-30-31-32-33-34-35-36-37-38-40-42-44-46-48-50-54(58)53(52-57)56-55(59)51-49-47-45-43-41-39-18-16-14-12-10-8-6-4-2/h16,18,53-54,57-58H,3-15,17,19-52H2,1-2H3,(H,56,59)/b18-16-. The van der Waals surface area contributed by atoms with Crippen molar-refractivity contribution in [1.29, 1.82) is 0 Å². The van der Waals surface area contributed by atoms with Gasteiger partial charge in [-0.1, -0.05) is 283 Å². The molecule has 59 heavy (non-hydrogen) atoms. The Bertz CT molecular complexity index is 814. The van der Waals surface area contributed by atoms with Crippen molar-refractivity contribution in [2.45, 2.75) is 328 Å². The van der Waals surface area contributed by atoms with Crippen LogP contribution in [0.3, 0.4) is 0 Å². The molecule has 0 saturated heterocycles. The molecule has 0 aliphatic carbocycles. The Labute approximate surface area is 371 Å². The molecule has 0 aliphatic rings. The number of allylic oxidation sites excluding steroid dienone is 2. The maximum absolute atomic E-state index is 12.4. The van der Waals surface area contributed by atoms with Gasteiger partial charge in [0.05, 0.1) is 18.8 Å². The second-order valence-corrected chi connectivity index (χ2v) is 19.0. The summed E-state index contributed by atoms with van der Waals surface area (Å²) in [6.45, 7) is 4.37. The van der Waals surface area contributed by atoms with Gasteiger partial charge in [0, 0.05) is 6.42 Å². The van der Waals surface area contributed by atoms with E-state index in [9.17, 15) is 15.0 Å². The van der Waals surface area contributed by atoms with Crippen LogP contribution in [0.2, 0.25) is 0 Å². The van der Waals surface area contributed by atoms with E-state index in [0.29, 0.717) is 12.8 Å². The lowest BCUT2D eigenvalue weighted by atomic mass is 10.0. The highest BCUT2D eigenvalue weighted by molar-refractivity contribution is 5.76. The smallest absolute Gasteiger partial charge is 0.220 e. The molecule has 4 heteroatoms. The molecule has 2 atom stereocenters. The maximum atomic E-state index is 12.4. The molecule has 0 heterocycles. The fourth-order valence-electron chi connectivity index (χ4n) is 8.83. The second-order valence-electron chi connectivity index (χ2n) is 19.0. The van der Waals surface area contributed by atoms with Gasteiger partial charge in [-0.25, -0.2) is 0 Å². The topological polar surface area (TPSA) is 69.6 Å². The predicted molar refractivity (Wildman–Crippen MR) is 263 cm³/mol. The molecular formula is C55H109NO3. The summed E-state index contributed by atoms with van der Waals surface area (Å²) in [5, 5.41) is 23.3. The lowest BCUT2D eigenvalue weighted by Crippen LogP contribution is -2.45. The minimum atomic E-state index is -0.660. The number of nitrogens with one attached hydrogen (secondary N) is 1. The summed E-state index contributed by atoms with van der Waals surface area (Å²) < 4.78 is 0. The predicted octanol–water partition coefficient (Wildman–Crippen LogP) is 17.8. The molecule has 2 unspecified atom stereocenters. The number of carbonyl (C=O) groups excluding carboxylic acids is 1. The van der Waals surface area contributed by atoms with Crippen LogP contribution in [0.25, 0.3) is 0 Å². The second kappa shape index (κ2) is 51.5. The van der Waals surface area contributed by atoms with Crippen molar-refractivity contribution >= 4 is 5.91 Å². The van der Waals surface area contributed by atoms with E-state index in [4.69, 9.17) is 0 Å². The summed E-state index contributed by atoms with van der Waals surface area (Å²) in [5.74, 6) is -0.0360. The molecular weight excluding hydrogens is 723 g/mol. The van der Waals surface area contributed by atoms with E-state index < -0.39 is 12.1 Å². The SMILES string of the molecule is CCCCCCC/C=C\CCCCCCCC(=O)NC(CO)C(O)CCCCCCCCCCCCCCCCCCCCCCCCCCCCCCCCCCC. The van der Waals surface area contributed by atoms with Crippen LogP contribution in [0, 0.1) is 0 Å². The van der Waals surface area contributed by atoms with Crippen molar-refractivity contribution in [1.82, 2.24) is 5.32 Å². The zero-order chi connectivity index (χ0) is 42.8. The van der Waals surface area contributed by atoms with Crippen molar-refractivity contribution in [3.63, 3.8) is 0 Å². The van der Waals surface area contributed by atoms with Gasteiger partial charge >= 0.3 is 0 Å². The first-order chi connectivity index (χ1) is 29.2.